The molecule has 0 aliphatic rings. The SMILES string of the molecule is CCc1cccc(N)c1C(=O)O. The predicted molar refractivity (Wildman–Crippen MR) is 47.2 cm³/mol. The Morgan fingerprint density at radius 1 is 1.58 bits per heavy atom. The van der Waals surface area contributed by atoms with E-state index in [1.807, 2.05) is 6.92 Å². The Bertz CT molecular complexity index is 307. The number of nitrogen functional groups attached to an aromatic ring is 1. The molecule has 0 aromatic heterocycles. The van der Waals surface area contributed by atoms with E-state index < -0.39 is 5.97 Å². The van der Waals surface area contributed by atoms with Gasteiger partial charge in [0, 0.05) is 5.69 Å². The third-order valence-corrected chi connectivity index (χ3v) is 1.78. The zero-order valence-electron chi connectivity index (χ0n) is 6.87. The van der Waals surface area contributed by atoms with E-state index in [0.29, 0.717) is 12.1 Å². The maximum absolute atomic E-state index is 10.7. The summed E-state index contributed by atoms with van der Waals surface area (Å²) in [5.74, 6) is -0.954. The number of carboxylic acids is 1. The van der Waals surface area contributed by atoms with Gasteiger partial charge < -0.3 is 10.8 Å². The number of benzene rings is 1. The molecule has 0 aliphatic heterocycles. The van der Waals surface area contributed by atoms with Gasteiger partial charge in [0.2, 0.25) is 0 Å². The topological polar surface area (TPSA) is 63.3 Å². The van der Waals surface area contributed by atoms with Crippen molar-refractivity contribution >= 4 is 11.7 Å². The van der Waals surface area contributed by atoms with Crippen LogP contribution in [0.2, 0.25) is 0 Å². The van der Waals surface area contributed by atoms with E-state index in [9.17, 15) is 4.79 Å². The van der Waals surface area contributed by atoms with Crippen molar-refractivity contribution in [2.75, 3.05) is 5.73 Å². The first-order valence-corrected chi connectivity index (χ1v) is 3.77. The molecule has 0 heterocycles. The van der Waals surface area contributed by atoms with E-state index in [4.69, 9.17) is 10.8 Å². The Kier molecular flexibility index (Phi) is 2.33. The van der Waals surface area contributed by atoms with Gasteiger partial charge in [-0.25, -0.2) is 4.79 Å². The standard InChI is InChI=1S/C9H11NO2/c1-2-6-4-3-5-7(10)8(6)9(11)12/h3-5H,2,10H2,1H3,(H,11,12). The highest BCUT2D eigenvalue weighted by atomic mass is 16.4. The number of hydrogen-bond acceptors (Lipinski definition) is 2. The molecule has 1 aromatic carbocycles. The average molecular weight is 165 g/mol. The van der Waals surface area contributed by atoms with Gasteiger partial charge in [0.25, 0.3) is 0 Å². The maximum atomic E-state index is 10.7. The Morgan fingerprint density at radius 2 is 2.25 bits per heavy atom. The first kappa shape index (κ1) is 8.59. The lowest BCUT2D eigenvalue weighted by Gasteiger charge is -2.05. The van der Waals surface area contributed by atoms with Gasteiger partial charge in [-0.1, -0.05) is 19.1 Å². The first-order valence-electron chi connectivity index (χ1n) is 3.77. The number of aryl methyl sites for hydroxylation is 1. The second-order valence-electron chi connectivity index (χ2n) is 2.54. The highest BCUT2D eigenvalue weighted by Gasteiger charge is 2.11. The van der Waals surface area contributed by atoms with Crippen molar-refractivity contribution in [3.05, 3.63) is 29.3 Å². The molecule has 0 saturated carbocycles. The zero-order chi connectivity index (χ0) is 9.14. The predicted octanol–water partition coefficient (Wildman–Crippen LogP) is 1.53. The van der Waals surface area contributed by atoms with Gasteiger partial charge in [-0.3, -0.25) is 0 Å². The Labute approximate surface area is 70.8 Å². The molecular weight excluding hydrogens is 154 g/mol. The van der Waals surface area contributed by atoms with Crippen LogP contribution in [-0.4, -0.2) is 11.1 Å². The smallest absolute Gasteiger partial charge is 0.338 e. The van der Waals surface area contributed by atoms with E-state index in [1.165, 1.54) is 0 Å². The van der Waals surface area contributed by atoms with Crippen LogP contribution in [-0.2, 0) is 6.42 Å². The quantitative estimate of drug-likeness (QED) is 0.653. The summed E-state index contributed by atoms with van der Waals surface area (Å²) >= 11 is 0. The molecule has 0 amide bonds. The fourth-order valence-electron chi connectivity index (χ4n) is 1.18. The van der Waals surface area contributed by atoms with Crippen molar-refractivity contribution in [3.8, 4) is 0 Å². The molecule has 0 fully saturated rings. The average Bonchev–Trinajstić information content (AvgIpc) is 2.03. The molecular formula is C9H11NO2. The summed E-state index contributed by atoms with van der Waals surface area (Å²) in [7, 11) is 0. The van der Waals surface area contributed by atoms with E-state index in [-0.39, 0.29) is 5.56 Å². The molecule has 0 unspecified atom stereocenters. The number of rotatable bonds is 2. The molecule has 0 aliphatic carbocycles. The Hall–Kier alpha value is -1.51. The van der Waals surface area contributed by atoms with Crippen LogP contribution < -0.4 is 5.73 Å². The first-order chi connectivity index (χ1) is 5.66. The van der Waals surface area contributed by atoms with Gasteiger partial charge in [-0.2, -0.15) is 0 Å². The second-order valence-corrected chi connectivity index (χ2v) is 2.54. The molecule has 1 rings (SSSR count). The maximum Gasteiger partial charge on any atom is 0.338 e. The van der Waals surface area contributed by atoms with Crippen LogP contribution >= 0.6 is 0 Å². The summed E-state index contributed by atoms with van der Waals surface area (Å²) < 4.78 is 0. The lowest BCUT2D eigenvalue weighted by molar-refractivity contribution is 0.0697. The molecule has 0 saturated heterocycles. The minimum Gasteiger partial charge on any atom is -0.478 e. The normalized spacial score (nSPS) is 9.75. The van der Waals surface area contributed by atoms with Gasteiger partial charge in [-0.15, -0.1) is 0 Å². The summed E-state index contributed by atoms with van der Waals surface area (Å²) in [6.07, 6.45) is 0.687. The van der Waals surface area contributed by atoms with Crippen LogP contribution in [0.4, 0.5) is 5.69 Å². The molecule has 3 nitrogen and oxygen atoms in total. The molecule has 3 N–H and O–H groups in total. The van der Waals surface area contributed by atoms with E-state index in [2.05, 4.69) is 0 Å². The molecule has 3 heteroatoms. The third-order valence-electron chi connectivity index (χ3n) is 1.78. The lowest BCUT2D eigenvalue weighted by Crippen LogP contribution is -2.06. The number of nitrogens with two attached hydrogens (primary N) is 1. The Balaban J connectivity index is 3.29. The molecule has 1 aromatic rings. The third kappa shape index (κ3) is 1.39. The second kappa shape index (κ2) is 3.26. The fraction of sp³-hybridized carbons (Fsp3) is 0.222. The van der Waals surface area contributed by atoms with Crippen molar-refractivity contribution in [1.29, 1.82) is 0 Å². The number of carboxylic acid groups (broad SMARTS) is 1. The lowest BCUT2D eigenvalue weighted by atomic mass is 10.0. The largest absolute Gasteiger partial charge is 0.478 e. The van der Waals surface area contributed by atoms with E-state index in [1.54, 1.807) is 18.2 Å². The minimum absolute atomic E-state index is 0.236. The molecule has 0 spiro atoms. The van der Waals surface area contributed by atoms with Gasteiger partial charge in [0.15, 0.2) is 0 Å². The minimum atomic E-state index is -0.954. The summed E-state index contributed by atoms with van der Waals surface area (Å²) in [6, 6.07) is 5.14. The Morgan fingerprint density at radius 3 is 2.67 bits per heavy atom. The van der Waals surface area contributed by atoms with Crippen molar-refractivity contribution in [2.24, 2.45) is 0 Å². The van der Waals surface area contributed by atoms with Gasteiger partial charge in [-0.05, 0) is 18.1 Å². The van der Waals surface area contributed by atoms with Gasteiger partial charge in [0.05, 0.1) is 5.56 Å². The van der Waals surface area contributed by atoms with Crippen molar-refractivity contribution in [1.82, 2.24) is 0 Å². The van der Waals surface area contributed by atoms with Crippen molar-refractivity contribution < 1.29 is 9.90 Å². The highest BCUT2D eigenvalue weighted by Crippen LogP contribution is 2.17. The summed E-state index contributed by atoms with van der Waals surface area (Å²) in [6.45, 7) is 1.90. The molecule has 12 heavy (non-hydrogen) atoms. The highest BCUT2D eigenvalue weighted by molar-refractivity contribution is 5.95. The van der Waals surface area contributed by atoms with Crippen molar-refractivity contribution in [3.63, 3.8) is 0 Å². The monoisotopic (exact) mass is 165 g/mol. The van der Waals surface area contributed by atoms with Crippen molar-refractivity contribution in [2.45, 2.75) is 13.3 Å². The molecule has 0 radical (unpaired) electrons. The van der Waals surface area contributed by atoms with E-state index >= 15 is 0 Å². The fourth-order valence-corrected chi connectivity index (χ4v) is 1.18. The number of anilines is 1. The van der Waals surface area contributed by atoms with Gasteiger partial charge >= 0.3 is 5.97 Å². The van der Waals surface area contributed by atoms with Gasteiger partial charge in [0.1, 0.15) is 0 Å². The summed E-state index contributed by atoms with van der Waals surface area (Å²) in [5, 5.41) is 8.80. The van der Waals surface area contributed by atoms with E-state index in [0.717, 1.165) is 5.56 Å². The summed E-state index contributed by atoms with van der Waals surface area (Å²) in [4.78, 5) is 10.7. The van der Waals surface area contributed by atoms with Crippen LogP contribution in [0.25, 0.3) is 0 Å². The number of aromatic carboxylic acids is 1. The van der Waals surface area contributed by atoms with Crippen LogP contribution in [0.15, 0.2) is 18.2 Å². The number of carbonyl (C=O) groups is 1. The van der Waals surface area contributed by atoms with Crippen LogP contribution in [0.3, 0.4) is 0 Å². The summed E-state index contributed by atoms with van der Waals surface area (Å²) in [5.41, 5.74) is 6.87. The van der Waals surface area contributed by atoms with Crippen LogP contribution in [0.1, 0.15) is 22.8 Å². The zero-order valence-corrected chi connectivity index (χ0v) is 6.87. The van der Waals surface area contributed by atoms with Crippen LogP contribution in [0, 0.1) is 0 Å². The van der Waals surface area contributed by atoms with Crippen LogP contribution in [0.5, 0.6) is 0 Å². The molecule has 0 atom stereocenters. The molecule has 64 valence electrons. The number of hydrogen-bond donors (Lipinski definition) is 2. The molecule has 0 bridgehead atoms.